The SMILES string of the molecule is OC[C@@H]1CC[C@@H](Nc2ccc3c(c2)COCCCC2=C3N(O)NC(C(F)(F)F)=C2)CN1. The minimum absolute atomic E-state index is 0.122. The Kier molecular flexibility index (Phi) is 6.42. The summed E-state index contributed by atoms with van der Waals surface area (Å²) in [7, 11) is 0. The molecule has 1 saturated heterocycles. The predicted octanol–water partition coefficient (Wildman–Crippen LogP) is 2.89. The van der Waals surface area contributed by atoms with Gasteiger partial charge in [0.2, 0.25) is 0 Å². The largest absolute Gasteiger partial charge is 0.432 e. The number of hydrogen-bond donors (Lipinski definition) is 5. The van der Waals surface area contributed by atoms with Gasteiger partial charge in [0.1, 0.15) is 5.70 Å². The molecule has 0 aromatic heterocycles. The fourth-order valence-electron chi connectivity index (χ4n) is 4.21. The molecule has 170 valence electrons. The highest BCUT2D eigenvalue weighted by atomic mass is 19.4. The molecule has 0 radical (unpaired) electrons. The molecule has 0 bridgehead atoms. The molecule has 0 aliphatic carbocycles. The van der Waals surface area contributed by atoms with E-state index in [9.17, 15) is 23.5 Å². The van der Waals surface area contributed by atoms with Gasteiger partial charge >= 0.3 is 6.18 Å². The van der Waals surface area contributed by atoms with E-state index in [1.165, 1.54) is 0 Å². The van der Waals surface area contributed by atoms with Gasteiger partial charge in [-0.3, -0.25) is 10.6 Å². The summed E-state index contributed by atoms with van der Waals surface area (Å²) in [5.41, 5.74) is 4.03. The van der Waals surface area contributed by atoms with Crippen molar-refractivity contribution in [2.75, 3.05) is 25.1 Å². The van der Waals surface area contributed by atoms with Crippen molar-refractivity contribution in [3.63, 3.8) is 0 Å². The van der Waals surface area contributed by atoms with Gasteiger partial charge in [-0.25, -0.2) is 0 Å². The van der Waals surface area contributed by atoms with Crippen LogP contribution in [0.1, 0.15) is 36.8 Å². The van der Waals surface area contributed by atoms with E-state index in [0.29, 0.717) is 48.1 Å². The monoisotopic (exact) mass is 440 g/mol. The Hall–Kier alpha value is -2.27. The van der Waals surface area contributed by atoms with E-state index >= 15 is 0 Å². The zero-order valence-electron chi connectivity index (χ0n) is 17.0. The Labute approximate surface area is 178 Å². The second-order valence-electron chi connectivity index (χ2n) is 8.09. The van der Waals surface area contributed by atoms with Crippen LogP contribution in [0.4, 0.5) is 18.9 Å². The molecule has 1 aromatic rings. The van der Waals surface area contributed by atoms with Crippen LogP contribution in [0, 0.1) is 0 Å². The molecule has 4 rings (SSSR count). The van der Waals surface area contributed by atoms with Crippen molar-refractivity contribution in [1.82, 2.24) is 15.9 Å². The highest BCUT2D eigenvalue weighted by Crippen LogP contribution is 2.37. The van der Waals surface area contributed by atoms with Crippen LogP contribution in [0.15, 0.2) is 35.5 Å². The number of hydrogen-bond acceptors (Lipinski definition) is 7. The van der Waals surface area contributed by atoms with Crippen molar-refractivity contribution in [3.05, 3.63) is 46.7 Å². The summed E-state index contributed by atoms with van der Waals surface area (Å²) in [4.78, 5) is 0. The van der Waals surface area contributed by atoms with Crippen LogP contribution >= 0.6 is 0 Å². The molecule has 0 unspecified atom stereocenters. The number of aliphatic hydroxyl groups is 1. The van der Waals surface area contributed by atoms with Gasteiger partial charge in [0, 0.05) is 36.5 Å². The number of nitrogens with zero attached hydrogens (tertiary/aromatic N) is 1. The standard InChI is InChI=1S/C21H27F3N4O3/c22-21(23,24)19-9-13-2-1-7-31-12-14-8-15(5-6-18(14)20(13)28(30)27-19)26-16-3-4-17(11-29)25-10-16/h5-6,8-9,16-17,25-27,29-30H,1-4,7,10-12H2/t16-,17+/m1/s1. The van der Waals surface area contributed by atoms with Gasteiger partial charge in [0.25, 0.3) is 0 Å². The number of rotatable bonds is 3. The van der Waals surface area contributed by atoms with Gasteiger partial charge in [-0.2, -0.15) is 18.3 Å². The van der Waals surface area contributed by atoms with Crippen molar-refractivity contribution >= 4 is 11.4 Å². The van der Waals surface area contributed by atoms with Crippen LogP contribution in [0.2, 0.25) is 0 Å². The molecule has 0 saturated carbocycles. The Bertz CT molecular complexity index is 864. The number of aliphatic hydroxyl groups excluding tert-OH is 1. The summed E-state index contributed by atoms with van der Waals surface area (Å²) in [5.74, 6) is 0. The number of hydrazine groups is 1. The lowest BCUT2D eigenvalue weighted by Gasteiger charge is -2.32. The second-order valence-corrected chi connectivity index (χ2v) is 8.09. The number of nitrogens with one attached hydrogen (secondary N) is 3. The maximum atomic E-state index is 13.2. The molecular weight excluding hydrogens is 413 g/mol. The fraction of sp³-hybridized carbons (Fsp3) is 0.524. The minimum atomic E-state index is -4.59. The van der Waals surface area contributed by atoms with Crippen LogP contribution < -0.4 is 16.1 Å². The Morgan fingerprint density at radius 3 is 2.81 bits per heavy atom. The molecule has 3 aliphatic heterocycles. The van der Waals surface area contributed by atoms with Crippen molar-refractivity contribution < 1.29 is 28.2 Å². The van der Waals surface area contributed by atoms with Gasteiger partial charge < -0.3 is 20.5 Å². The average molecular weight is 440 g/mol. The third-order valence-electron chi connectivity index (χ3n) is 5.83. The molecule has 5 N–H and O–H groups in total. The summed E-state index contributed by atoms with van der Waals surface area (Å²) in [6.07, 6.45) is -0.833. The number of alkyl halides is 3. The van der Waals surface area contributed by atoms with Crippen LogP contribution in [0.5, 0.6) is 0 Å². The fourth-order valence-corrected chi connectivity index (χ4v) is 4.21. The summed E-state index contributed by atoms with van der Waals surface area (Å²) < 4.78 is 45.4. The van der Waals surface area contributed by atoms with Gasteiger partial charge in [-0.05, 0) is 55.0 Å². The lowest BCUT2D eigenvalue weighted by molar-refractivity contribution is -0.132. The summed E-state index contributed by atoms with van der Waals surface area (Å²) in [6, 6.07) is 5.90. The molecule has 0 spiro atoms. The minimum Gasteiger partial charge on any atom is -0.395 e. The molecule has 3 aliphatic rings. The third-order valence-corrected chi connectivity index (χ3v) is 5.83. The van der Waals surface area contributed by atoms with Crippen LogP contribution in [0.3, 0.4) is 0 Å². The highest BCUT2D eigenvalue weighted by molar-refractivity contribution is 5.74. The van der Waals surface area contributed by atoms with Crippen molar-refractivity contribution in [3.8, 4) is 0 Å². The molecule has 1 fully saturated rings. The van der Waals surface area contributed by atoms with Crippen LogP contribution in [0.25, 0.3) is 5.70 Å². The summed E-state index contributed by atoms with van der Waals surface area (Å²) >= 11 is 0. The van der Waals surface area contributed by atoms with Crippen molar-refractivity contribution in [1.29, 1.82) is 0 Å². The molecule has 0 amide bonds. The quantitative estimate of drug-likeness (QED) is 0.494. The first kappa shape index (κ1) is 21.9. The van der Waals surface area contributed by atoms with Gasteiger partial charge in [0.15, 0.2) is 0 Å². The number of halogens is 3. The molecule has 10 heteroatoms. The smallest absolute Gasteiger partial charge is 0.395 e. The first-order chi connectivity index (χ1) is 14.8. The number of ether oxygens (including phenoxy) is 1. The highest BCUT2D eigenvalue weighted by Gasteiger charge is 2.38. The molecular formula is C21H27F3N4O3. The number of anilines is 1. The Balaban J connectivity index is 1.63. The van der Waals surface area contributed by atoms with Gasteiger partial charge in [-0.1, -0.05) is 6.07 Å². The van der Waals surface area contributed by atoms with Crippen molar-refractivity contribution in [2.45, 2.75) is 50.6 Å². The molecule has 3 heterocycles. The van der Waals surface area contributed by atoms with Crippen LogP contribution in [-0.4, -0.2) is 53.5 Å². The van der Waals surface area contributed by atoms with E-state index in [-0.39, 0.29) is 18.7 Å². The summed E-state index contributed by atoms with van der Waals surface area (Å²) in [5, 5.41) is 26.9. The first-order valence-electron chi connectivity index (χ1n) is 10.4. The van der Waals surface area contributed by atoms with E-state index in [1.807, 2.05) is 17.6 Å². The molecule has 31 heavy (non-hydrogen) atoms. The number of allylic oxidation sites excluding steroid dienone is 3. The average Bonchev–Trinajstić information content (AvgIpc) is 2.82. The number of benzene rings is 1. The van der Waals surface area contributed by atoms with E-state index in [1.54, 1.807) is 6.07 Å². The maximum Gasteiger partial charge on any atom is 0.432 e. The second kappa shape index (κ2) is 9.07. The molecule has 1 aromatic carbocycles. The van der Waals surface area contributed by atoms with E-state index < -0.39 is 11.9 Å². The maximum absolute atomic E-state index is 13.2. The Morgan fingerprint density at radius 2 is 2.10 bits per heavy atom. The topological polar surface area (TPSA) is 89.0 Å². The number of fused-ring (bicyclic) bond motifs is 2. The Morgan fingerprint density at radius 1 is 1.26 bits per heavy atom. The van der Waals surface area contributed by atoms with E-state index in [2.05, 4.69) is 10.6 Å². The van der Waals surface area contributed by atoms with Gasteiger partial charge in [-0.15, -0.1) is 0 Å². The van der Waals surface area contributed by atoms with Crippen molar-refractivity contribution in [2.24, 2.45) is 0 Å². The number of piperidine rings is 1. The zero-order valence-corrected chi connectivity index (χ0v) is 17.0. The zero-order chi connectivity index (χ0) is 22.0. The predicted molar refractivity (Wildman–Crippen MR) is 109 cm³/mol. The molecule has 2 atom stereocenters. The lowest BCUT2D eigenvalue weighted by atomic mass is 9.96. The first-order valence-corrected chi connectivity index (χ1v) is 10.4. The van der Waals surface area contributed by atoms with Crippen LogP contribution in [-0.2, 0) is 11.3 Å². The number of hydroxylamine groups is 1. The van der Waals surface area contributed by atoms with E-state index in [0.717, 1.165) is 36.7 Å². The lowest BCUT2D eigenvalue weighted by Crippen LogP contribution is -2.46. The summed E-state index contributed by atoms with van der Waals surface area (Å²) in [6.45, 7) is 1.56. The van der Waals surface area contributed by atoms with Gasteiger partial charge in [0.05, 0.1) is 18.9 Å². The molecule has 7 nitrogen and oxygen atoms in total. The van der Waals surface area contributed by atoms with E-state index in [4.69, 9.17) is 4.74 Å². The third kappa shape index (κ3) is 4.98. The normalized spacial score (nSPS) is 24.8.